The molecule has 9 heteroatoms. The molecule has 0 fully saturated rings. The van der Waals surface area contributed by atoms with Crippen molar-refractivity contribution in [2.24, 2.45) is 0 Å². The van der Waals surface area contributed by atoms with Gasteiger partial charge in [-0.1, -0.05) is 257 Å². The Hall–Kier alpha value is -4.57. The Morgan fingerprint density at radius 2 is 0.695 bits per heavy atom. The molecule has 0 aliphatic rings. The number of hydrogen-bond donors (Lipinski definition) is 1. The number of rotatable bonds is 59. The zero-order valence-electron chi connectivity index (χ0n) is 53.1. The first kappa shape index (κ1) is 77.4. The molecular formula is C73H122NO8+. The van der Waals surface area contributed by atoms with Crippen LogP contribution in [0.4, 0.5) is 0 Å². The molecule has 0 heterocycles. The number of quaternary nitrogens is 1. The van der Waals surface area contributed by atoms with Crippen LogP contribution in [-0.2, 0) is 33.3 Å². The van der Waals surface area contributed by atoms with Crippen LogP contribution in [-0.4, -0.2) is 87.4 Å². The average molecular weight is 1140 g/mol. The van der Waals surface area contributed by atoms with E-state index in [4.69, 9.17) is 18.9 Å². The summed E-state index contributed by atoms with van der Waals surface area (Å²) < 4.78 is 22.9. The van der Waals surface area contributed by atoms with E-state index in [9.17, 15) is 19.5 Å². The van der Waals surface area contributed by atoms with Crippen molar-refractivity contribution in [3.63, 3.8) is 0 Å². The SMILES string of the molecule is CC/C=C\C/C=C\C/C=C\C/C=C\C/C=C\C/C=C\C/C=C\C/C=C\C/C=C\C/C=C\CCCCCCCCCCC(=O)OC(COC(=O)CCCCCCCCC/C=C\CCCCCCCCC)COC(OCC[N+](C)(C)C)C(=O)O. The van der Waals surface area contributed by atoms with Gasteiger partial charge in [0.15, 0.2) is 6.10 Å². The van der Waals surface area contributed by atoms with Crippen LogP contribution in [0.15, 0.2) is 134 Å². The lowest BCUT2D eigenvalue weighted by atomic mass is 10.1. The van der Waals surface area contributed by atoms with E-state index >= 15 is 0 Å². The lowest BCUT2D eigenvalue weighted by Gasteiger charge is -2.25. The second-order valence-corrected chi connectivity index (χ2v) is 22.7. The van der Waals surface area contributed by atoms with Gasteiger partial charge in [0.1, 0.15) is 13.2 Å². The second kappa shape index (κ2) is 62.5. The van der Waals surface area contributed by atoms with Crippen LogP contribution < -0.4 is 0 Å². The fraction of sp³-hybridized carbons (Fsp3) is 0.658. The smallest absolute Gasteiger partial charge is 0.361 e. The number of ether oxygens (including phenoxy) is 4. The highest BCUT2D eigenvalue weighted by Crippen LogP contribution is 2.15. The Balaban J connectivity index is 4.20. The molecule has 0 amide bonds. The summed E-state index contributed by atoms with van der Waals surface area (Å²) >= 11 is 0. The van der Waals surface area contributed by atoms with Crippen LogP contribution in [0, 0.1) is 0 Å². The van der Waals surface area contributed by atoms with Crippen LogP contribution in [0.2, 0.25) is 0 Å². The van der Waals surface area contributed by atoms with Crippen molar-refractivity contribution < 1.29 is 42.9 Å². The molecule has 82 heavy (non-hydrogen) atoms. The minimum Gasteiger partial charge on any atom is -0.477 e. The molecule has 466 valence electrons. The molecule has 0 spiro atoms. The summed E-state index contributed by atoms with van der Waals surface area (Å²) in [6.45, 7) is 4.74. The first-order chi connectivity index (χ1) is 40.1. The Kier molecular flexibility index (Phi) is 59.0. The highest BCUT2D eigenvalue weighted by molar-refractivity contribution is 5.71. The predicted molar refractivity (Wildman–Crippen MR) is 350 cm³/mol. The molecule has 9 nitrogen and oxygen atoms in total. The Labute approximate surface area is 503 Å². The summed E-state index contributed by atoms with van der Waals surface area (Å²) in [6.07, 6.45) is 86.9. The normalized spacial score (nSPS) is 13.6. The number of aliphatic carboxylic acids is 1. The van der Waals surface area contributed by atoms with E-state index in [0.29, 0.717) is 17.4 Å². The number of carbonyl (C=O) groups excluding carboxylic acids is 2. The zero-order chi connectivity index (χ0) is 59.8. The minimum absolute atomic E-state index is 0.179. The molecule has 1 N–H and O–H groups in total. The van der Waals surface area contributed by atoms with Crippen LogP contribution in [0.25, 0.3) is 0 Å². The van der Waals surface area contributed by atoms with Gasteiger partial charge in [-0.15, -0.1) is 0 Å². The highest BCUT2D eigenvalue weighted by Gasteiger charge is 2.25. The molecule has 0 aliphatic heterocycles. The summed E-state index contributed by atoms with van der Waals surface area (Å²) in [4.78, 5) is 37.5. The fourth-order valence-corrected chi connectivity index (χ4v) is 8.62. The van der Waals surface area contributed by atoms with Gasteiger partial charge in [0.05, 0.1) is 34.4 Å². The maximum atomic E-state index is 12.9. The molecule has 0 aromatic heterocycles. The van der Waals surface area contributed by atoms with Crippen molar-refractivity contribution >= 4 is 17.9 Å². The van der Waals surface area contributed by atoms with E-state index in [0.717, 1.165) is 122 Å². The number of carbonyl (C=O) groups is 3. The summed E-state index contributed by atoms with van der Waals surface area (Å²) in [6, 6.07) is 0. The van der Waals surface area contributed by atoms with Gasteiger partial charge in [-0.2, -0.15) is 0 Å². The van der Waals surface area contributed by atoms with Crippen LogP contribution in [0.1, 0.15) is 251 Å². The van der Waals surface area contributed by atoms with E-state index in [-0.39, 0.29) is 38.6 Å². The Morgan fingerprint density at radius 3 is 1.05 bits per heavy atom. The molecule has 0 aromatic rings. The number of likely N-dealkylation sites (N-methyl/N-ethyl adjacent to an activating group) is 1. The van der Waals surface area contributed by atoms with E-state index in [2.05, 4.69) is 148 Å². The number of nitrogens with zero attached hydrogens (tertiary/aromatic N) is 1. The zero-order valence-corrected chi connectivity index (χ0v) is 53.1. The molecule has 0 bridgehead atoms. The lowest BCUT2D eigenvalue weighted by molar-refractivity contribution is -0.870. The first-order valence-corrected chi connectivity index (χ1v) is 32.8. The van der Waals surface area contributed by atoms with Crippen molar-refractivity contribution in [1.29, 1.82) is 0 Å². The lowest BCUT2D eigenvalue weighted by Crippen LogP contribution is -2.40. The minimum atomic E-state index is -1.52. The van der Waals surface area contributed by atoms with Gasteiger partial charge in [0.2, 0.25) is 0 Å². The third kappa shape index (κ3) is 63.0. The summed E-state index contributed by atoms with van der Waals surface area (Å²) in [7, 11) is 5.96. The molecule has 0 rings (SSSR count). The van der Waals surface area contributed by atoms with Gasteiger partial charge in [0, 0.05) is 12.8 Å². The molecule has 2 atom stereocenters. The largest absolute Gasteiger partial charge is 0.477 e. The molecule has 0 aliphatic carbocycles. The maximum Gasteiger partial charge on any atom is 0.361 e. The topological polar surface area (TPSA) is 108 Å². The first-order valence-electron chi connectivity index (χ1n) is 32.8. The second-order valence-electron chi connectivity index (χ2n) is 22.7. The van der Waals surface area contributed by atoms with Gasteiger partial charge >= 0.3 is 17.9 Å². The number of carboxylic acid groups (broad SMARTS) is 1. The number of esters is 2. The van der Waals surface area contributed by atoms with Crippen LogP contribution in [0.3, 0.4) is 0 Å². The van der Waals surface area contributed by atoms with Crippen molar-refractivity contribution in [3.8, 4) is 0 Å². The molecule has 0 radical (unpaired) electrons. The quantitative estimate of drug-likeness (QED) is 0.0211. The Bertz CT molecular complexity index is 1810. The van der Waals surface area contributed by atoms with Gasteiger partial charge in [-0.25, -0.2) is 4.79 Å². The summed E-state index contributed by atoms with van der Waals surface area (Å²) in [5.74, 6) is -2.03. The van der Waals surface area contributed by atoms with Crippen molar-refractivity contribution in [2.75, 3.05) is 47.5 Å². The fourth-order valence-electron chi connectivity index (χ4n) is 8.62. The average Bonchev–Trinajstić information content (AvgIpc) is 3.45. The van der Waals surface area contributed by atoms with Gasteiger partial charge in [-0.3, -0.25) is 9.59 Å². The third-order valence-electron chi connectivity index (χ3n) is 13.6. The molecular weight excluding hydrogens is 1020 g/mol. The van der Waals surface area contributed by atoms with Crippen LogP contribution in [0.5, 0.6) is 0 Å². The van der Waals surface area contributed by atoms with Gasteiger partial charge < -0.3 is 28.5 Å². The van der Waals surface area contributed by atoms with E-state index < -0.39 is 24.3 Å². The number of unbranched alkanes of at least 4 members (excludes halogenated alkanes) is 22. The molecule has 2 unspecified atom stereocenters. The van der Waals surface area contributed by atoms with Crippen molar-refractivity contribution in [1.82, 2.24) is 0 Å². The summed E-state index contributed by atoms with van der Waals surface area (Å²) in [5, 5.41) is 9.72. The van der Waals surface area contributed by atoms with Gasteiger partial charge in [0.25, 0.3) is 6.29 Å². The monoisotopic (exact) mass is 1140 g/mol. The van der Waals surface area contributed by atoms with E-state index in [1.807, 2.05) is 21.1 Å². The van der Waals surface area contributed by atoms with Crippen LogP contribution >= 0.6 is 0 Å². The summed E-state index contributed by atoms with van der Waals surface area (Å²) in [5.41, 5.74) is 0. The predicted octanol–water partition coefficient (Wildman–Crippen LogP) is 20.2. The standard InChI is InChI=1S/C73H121NO8/c1-6-8-10-12-14-16-18-20-22-24-26-27-28-29-30-31-32-33-34-35-36-37-38-39-40-41-42-43-44-45-46-48-50-52-54-56-58-60-62-64-71(76)82-69(68-81-73(72(77)78)79-66-65-74(3,4)5)67-80-70(75)63-61-59-57-55-53-51-49-47-25-23-21-19-17-15-13-11-9-7-2/h8,10,14,16,20,22-23,25-27,29-30,32-33,35-36,38-39,41-42,44-45,69,73H,6-7,9,11-13,15,17-19,21,24,28,31,34,37,40,43,46-68H2,1-5H3/p+1/b10-8-,16-14-,22-20-,25-23-,27-26-,30-29-,33-32-,36-35-,39-38-,42-41-,45-44-. The number of allylic oxidation sites excluding steroid dienone is 22. The molecule has 0 aromatic carbocycles. The maximum absolute atomic E-state index is 12.9. The van der Waals surface area contributed by atoms with E-state index in [1.54, 1.807) is 0 Å². The van der Waals surface area contributed by atoms with Crippen molar-refractivity contribution in [2.45, 2.75) is 264 Å². The number of hydrogen-bond acceptors (Lipinski definition) is 7. The van der Waals surface area contributed by atoms with Crippen molar-refractivity contribution in [3.05, 3.63) is 134 Å². The Morgan fingerprint density at radius 1 is 0.378 bits per heavy atom. The molecule has 0 saturated heterocycles. The molecule has 0 saturated carbocycles. The highest BCUT2D eigenvalue weighted by atomic mass is 16.7. The number of carboxylic acids is 1. The van der Waals surface area contributed by atoms with Gasteiger partial charge in [-0.05, 0) is 116 Å². The van der Waals surface area contributed by atoms with E-state index in [1.165, 1.54) is 96.3 Å². The third-order valence-corrected chi connectivity index (χ3v) is 13.6.